The highest BCUT2D eigenvalue weighted by atomic mass is 79.9. The van der Waals surface area contributed by atoms with Crippen LogP contribution in [0.5, 0.6) is 0 Å². The van der Waals surface area contributed by atoms with Gasteiger partial charge in [-0.2, -0.15) is 0 Å². The Hall–Kier alpha value is -1.47. The van der Waals surface area contributed by atoms with Crippen molar-refractivity contribution in [3.63, 3.8) is 0 Å². The molecule has 0 fully saturated rings. The van der Waals surface area contributed by atoms with Crippen LogP contribution in [0.25, 0.3) is 0 Å². The molecule has 0 radical (unpaired) electrons. The van der Waals surface area contributed by atoms with Crippen LogP contribution < -0.4 is 32.9 Å². The van der Waals surface area contributed by atoms with E-state index in [0.717, 1.165) is 12.7 Å². The quantitative estimate of drug-likeness (QED) is 0.533. The average molecular weight is 414 g/mol. The lowest BCUT2D eigenvalue weighted by atomic mass is 10.4. The maximum absolute atomic E-state index is 2.31. The van der Waals surface area contributed by atoms with Crippen molar-refractivity contribution in [2.75, 3.05) is 26.8 Å². The molecule has 3 heteroatoms. The van der Waals surface area contributed by atoms with Crippen molar-refractivity contribution in [2.24, 2.45) is 0 Å². The second-order valence-electron chi connectivity index (χ2n) is 6.34. The summed E-state index contributed by atoms with van der Waals surface area (Å²) in [6, 6.07) is 33.2. The highest BCUT2D eigenvalue weighted by Crippen LogP contribution is 2.54. The fraction of sp³-hybridized carbons (Fsp3) is 0.182. The first-order chi connectivity index (χ1) is 11.7. The van der Waals surface area contributed by atoms with E-state index >= 15 is 0 Å². The van der Waals surface area contributed by atoms with Crippen LogP contribution >= 0.6 is 7.26 Å². The third-order valence-electron chi connectivity index (χ3n) is 4.47. The highest BCUT2D eigenvalue weighted by Gasteiger charge is 2.44. The van der Waals surface area contributed by atoms with Gasteiger partial charge in [0, 0.05) is 6.54 Å². The summed E-state index contributed by atoms with van der Waals surface area (Å²) in [6.45, 7) is 1.08. The third kappa shape index (κ3) is 4.39. The van der Waals surface area contributed by atoms with Crippen LogP contribution in [0.4, 0.5) is 0 Å². The van der Waals surface area contributed by atoms with Crippen LogP contribution in [-0.4, -0.2) is 31.7 Å². The van der Waals surface area contributed by atoms with E-state index in [1.807, 2.05) is 0 Å². The van der Waals surface area contributed by atoms with Gasteiger partial charge in [0.15, 0.2) is 0 Å². The third-order valence-corrected chi connectivity index (χ3v) is 8.88. The van der Waals surface area contributed by atoms with Crippen LogP contribution in [0, 0.1) is 0 Å². The molecule has 0 unspecified atom stereocenters. The molecular weight excluding hydrogens is 389 g/mol. The van der Waals surface area contributed by atoms with E-state index in [2.05, 4.69) is 110 Å². The minimum atomic E-state index is -1.65. The topological polar surface area (TPSA) is 3.24 Å². The van der Waals surface area contributed by atoms with Gasteiger partial charge in [-0.15, -0.1) is 0 Å². The maximum atomic E-state index is 2.31. The number of halogens is 1. The average Bonchev–Trinajstić information content (AvgIpc) is 2.65. The van der Waals surface area contributed by atoms with Gasteiger partial charge in [0.05, 0.1) is 6.16 Å². The van der Waals surface area contributed by atoms with Crippen molar-refractivity contribution in [1.29, 1.82) is 0 Å². The predicted molar refractivity (Wildman–Crippen MR) is 109 cm³/mol. The second-order valence-corrected chi connectivity index (χ2v) is 9.96. The minimum absolute atomic E-state index is 0. The molecule has 3 rings (SSSR count). The standard InChI is InChI=1S/C22H25NP.BrH/c1-23(2)18-19-24(20-12-6-3-7-13-20,21-14-8-4-9-15-21)22-16-10-5-11-17-22;/h3-17H,18-19H2,1-2H3;1H/q+1;/p-1. The van der Waals surface area contributed by atoms with Gasteiger partial charge in [-0.1, -0.05) is 54.6 Å². The molecule has 0 spiro atoms. The molecule has 0 amide bonds. The van der Waals surface area contributed by atoms with Gasteiger partial charge in [-0.25, -0.2) is 0 Å². The molecule has 130 valence electrons. The van der Waals surface area contributed by atoms with Crippen molar-refractivity contribution < 1.29 is 17.0 Å². The lowest BCUT2D eigenvalue weighted by Crippen LogP contribution is -3.00. The van der Waals surface area contributed by atoms with Crippen LogP contribution in [-0.2, 0) is 0 Å². The number of benzene rings is 3. The van der Waals surface area contributed by atoms with Gasteiger partial charge in [-0.3, -0.25) is 0 Å². The monoisotopic (exact) mass is 413 g/mol. The van der Waals surface area contributed by atoms with Crippen molar-refractivity contribution in [3.8, 4) is 0 Å². The minimum Gasteiger partial charge on any atom is -1.00 e. The Bertz CT molecular complexity index is 648. The number of nitrogens with zero attached hydrogens (tertiary/aromatic N) is 1. The molecule has 0 aliphatic heterocycles. The normalized spacial score (nSPS) is 11.2. The Kier molecular flexibility index (Phi) is 7.38. The first-order valence-electron chi connectivity index (χ1n) is 8.43. The van der Waals surface area contributed by atoms with Crippen molar-refractivity contribution in [1.82, 2.24) is 4.90 Å². The summed E-state index contributed by atoms with van der Waals surface area (Å²) in [4.78, 5) is 2.30. The molecule has 0 atom stereocenters. The Morgan fingerprint density at radius 2 is 0.920 bits per heavy atom. The molecule has 0 heterocycles. The maximum Gasteiger partial charge on any atom is 0.113 e. The molecule has 0 N–H and O–H groups in total. The zero-order valence-corrected chi connectivity index (χ0v) is 17.3. The smallest absolute Gasteiger partial charge is 0.113 e. The van der Waals surface area contributed by atoms with Crippen molar-refractivity contribution in [2.45, 2.75) is 0 Å². The van der Waals surface area contributed by atoms with E-state index in [1.165, 1.54) is 15.9 Å². The van der Waals surface area contributed by atoms with E-state index in [9.17, 15) is 0 Å². The molecule has 1 nitrogen and oxygen atoms in total. The van der Waals surface area contributed by atoms with E-state index in [-0.39, 0.29) is 17.0 Å². The summed E-state index contributed by atoms with van der Waals surface area (Å²) < 4.78 is 0. The predicted octanol–water partition coefficient (Wildman–Crippen LogP) is 0.546. The summed E-state index contributed by atoms with van der Waals surface area (Å²) in [6.07, 6.45) is 1.15. The summed E-state index contributed by atoms with van der Waals surface area (Å²) in [7, 11) is 2.68. The van der Waals surface area contributed by atoms with Gasteiger partial charge in [0.2, 0.25) is 0 Å². The van der Waals surface area contributed by atoms with Gasteiger partial charge in [0.25, 0.3) is 0 Å². The Balaban J connectivity index is 0.00000225. The lowest BCUT2D eigenvalue weighted by Gasteiger charge is -2.28. The fourth-order valence-electron chi connectivity index (χ4n) is 3.23. The van der Waals surface area contributed by atoms with Crippen LogP contribution in [0.1, 0.15) is 0 Å². The van der Waals surface area contributed by atoms with Crippen molar-refractivity contribution >= 4 is 23.2 Å². The molecule has 0 aliphatic carbocycles. The Morgan fingerprint density at radius 1 is 0.600 bits per heavy atom. The summed E-state index contributed by atoms with van der Waals surface area (Å²) in [5.41, 5.74) is 0. The SMILES string of the molecule is CN(C)CC[P+](c1ccccc1)(c1ccccc1)c1ccccc1.[Br-]. The van der Waals surface area contributed by atoms with Gasteiger partial charge in [0.1, 0.15) is 23.2 Å². The molecule has 0 saturated heterocycles. The summed E-state index contributed by atoms with van der Waals surface area (Å²) in [5, 5.41) is 4.39. The van der Waals surface area contributed by atoms with E-state index < -0.39 is 7.26 Å². The fourth-order valence-corrected chi connectivity index (χ4v) is 7.64. The zero-order chi connectivity index (χ0) is 16.8. The molecule has 3 aromatic rings. The van der Waals surface area contributed by atoms with Crippen molar-refractivity contribution in [3.05, 3.63) is 91.0 Å². The summed E-state index contributed by atoms with van der Waals surface area (Å²) >= 11 is 0. The van der Waals surface area contributed by atoms with Crippen LogP contribution in [0.3, 0.4) is 0 Å². The zero-order valence-electron chi connectivity index (χ0n) is 14.8. The molecule has 25 heavy (non-hydrogen) atoms. The molecule has 0 bridgehead atoms. The molecule has 0 saturated carbocycles. The second kappa shape index (κ2) is 9.29. The Morgan fingerprint density at radius 3 is 1.20 bits per heavy atom. The van der Waals surface area contributed by atoms with E-state index in [1.54, 1.807) is 0 Å². The highest BCUT2D eigenvalue weighted by molar-refractivity contribution is 7.95. The largest absolute Gasteiger partial charge is 1.00 e. The number of hydrogen-bond donors (Lipinski definition) is 0. The number of hydrogen-bond acceptors (Lipinski definition) is 1. The van der Waals surface area contributed by atoms with Gasteiger partial charge < -0.3 is 21.9 Å². The van der Waals surface area contributed by atoms with Crippen LogP contribution in [0.2, 0.25) is 0 Å². The Labute approximate surface area is 162 Å². The van der Waals surface area contributed by atoms with Gasteiger partial charge in [-0.05, 0) is 50.5 Å². The number of rotatable bonds is 6. The first kappa shape index (κ1) is 19.8. The molecule has 0 aliphatic rings. The van der Waals surface area contributed by atoms with E-state index in [0.29, 0.717) is 0 Å². The van der Waals surface area contributed by atoms with Crippen LogP contribution in [0.15, 0.2) is 91.0 Å². The molecular formula is C22H25BrNP. The first-order valence-corrected chi connectivity index (χ1v) is 10.4. The summed E-state index contributed by atoms with van der Waals surface area (Å²) in [5.74, 6) is 0. The molecule has 3 aromatic carbocycles. The van der Waals surface area contributed by atoms with E-state index in [4.69, 9.17) is 0 Å². The molecule has 0 aromatic heterocycles. The van der Waals surface area contributed by atoms with Gasteiger partial charge >= 0.3 is 0 Å². The lowest BCUT2D eigenvalue weighted by molar-refractivity contribution is -0.00000479.